The zero-order valence-corrected chi connectivity index (χ0v) is 18.9. The predicted octanol–water partition coefficient (Wildman–Crippen LogP) is 4.86. The van der Waals surface area contributed by atoms with Crippen LogP contribution in [-0.4, -0.2) is 22.8 Å². The van der Waals surface area contributed by atoms with E-state index in [-0.39, 0.29) is 5.69 Å². The van der Waals surface area contributed by atoms with E-state index in [9.17, 15) is 19.7 Å². The maximum Gasteiger partial charge on any atom is 0.271 e. The summed E-state index contributed by atoms with van der Waals surface area (Å²) < 4.78 is 0. The summed E-state index contributed by atoms with van der Waals surface area (Å²) in [5.41, 5.74) is 2.60. The number of anilines is 2. The number of rotatable bonds is 5. The van der Waals surface area contributed by atoms with Gasteiger partial charge in [-0.3, -0.25) is 24.5 Å². The molecule has 2 aliphatic heterocycles. The van der Waals surface area contributed by atoms with Crippen molar-refractivity contribution < 1.29 is 19.3 Å². The number of hydrogen-bond donors (Lipinski definition) is 0. The monoisotopic (exact) mass is 477 g/mol. The normalized spacial score (nSPS) is 21.8. The molecule has 3 aromatic carbocycles. The van der Waals surface area contributed by atoms with Gasteiger partial charge in [-0.2, -0.15) is 0 Å². The number of imide groups is 1. The number of benzene rings is 3. The highest BCUT2D eigenvalue weighted by Crippen LogP contribution is 2.48. The van der Waals surface area contributed by atoms with Crippen LogP contribution in [0.2, 0.25) is 5.02 Å². The number of nitro benzene ring substituents is 1. The second-order valence-corrected chi connectivity index (χ2v) is 8.62. The molecule has 2 fully saturated rings. The Morgan fingerprint density at radius 1 is 0.971 bits per heavy atom. The maximum absolute atomic E-state index is 13.6. The van der Waals surface area contributed by atoms with Gasteiger partial charge in [0.15, 0.2) is 6.10 Å². The van der Waals surface area contributed by atoms with E-state index >= 15 is 0 Å². The summed E-state index contributed by atoms with van der Waals surface area (Å²) in [7, 11) is 0. The molecule has 34 heavy (non-hydrogen) atoms. The Morgan fingerprint density at radius 2 is 1.68 bits per heavy atom. The Labute approximate surface area is 200 Å². The maximum atomic E-state index is 13.6. The Kier molecular flexibility index (Phi) is 5.55. The number of hydrogen-bond acceptors (Lipinski definition) is 6. The van der Waals surface area contributed by atoms with E-state index in [4.69, 9.17) is 16.4 Å². The summed E-state index contributed by atoms with van der Waals surface area (Å²) in [4.78, 5) is 45.0. The quantitative estimate of drug-likeness (QED) is 0.296. The van der Waals surface area contributed by atoms with Crippen molar-refractivity contribution in [2.45, 2.75) is 25.5 Å². The first-order valence-corrected chi connectivity index (χ1v) is 11.2. The molecule has 0 aromatic heterocycles. The van der Waals surface area contributed by atoms with Crippen molar-refractivity contribution in [2.24, 2.45) is 5.92 Å². The van der Waals surface area contributed by atoms with Crippen LogP contribution < -0.4 is 9.96 Å². The third-order valence-corrected chi connectivity index (χ3v) is 6.48. The number of nitro groups is 1. The molecule has 2 saturated heterocycles. The van der Waals surface area contributed by atoms with Crippen LogP contribution in [0.15, 0.2) is 72.8 Å². The van der Waals surface area contributed by atoms with Gasteiger partial charge in [0.2, 0.25) is 5.91 Å². The zero-order valence-electron chi connectivity index (χ0n) is 18.1. The van der Waals surface area contributed by atoms with E-state index in [0.29, 0.717) is 16.4 Å². The molecule has 0 bridgehead atoms. The average molecular weight is 478 g/mol. The highest BCUT2D eigenvalue weighted by Gasteiger charge is 2.60. The van der Waals surface area contributed by atoms with Crippen molar-refractivity contribution in [1.82, 2.24) is 0 Å². The van der Waals surface area contributed by atoms with Gasteiger partial charge in [0.05, 0.1) is 22.3 Å². The van der Waals surface area contributed by atoms with Crippen LogP contribution in [-0.2, 0) is 20.8 Å². The highest BCUT2D eigenvalue weighted by atomic mass is 35.5. The number of hydroxylamine groups is 1. The van der Waals surface area contributed by atoms with E-state index in [0.717, 1.165) is 22.4 Å². The van der Waals surface area contributed by atoms with E-state index in [1.54, 1.807) is 36.4 Å². The highest BCUT2D eigenvalue weighted by molar-refractivity contribution is 6.31. The first kappa shape index (κ1) is 22.1. The molecule has 5 rings (SSSR count). The lowest BCUT2D eigenvalue weighted by molar-refractivity contribution is -0.384. The number of carbonyl (C=O) groups excluding carboxylic acids is 2. The summed E-state index contributed by atoms with van der Waals surface area (Å²) in [6, 6.07) is 19.5. The molecule has 0 radical (unpaired) electrons. The first-order chi connectivity index (χ1) is 16.4. The molecule has 0 aliphatic carbocycles. The lowest BCUT2D eigenvalue weighted by Crippen LogP contribution is -2.37. The van der Waals surface area contributed by atoms with Crippen molar-refractivity contribution in [3.63, 3.8) is 0 Å². The van der Waals surface area contributed by atoms with Gasteiger partial charge >= 0.3 is 0 Å². The van der Waals surface area contributed by atoms with Gasteiger partial charge in [-0.15, -0.1) is 0 Å². The second kappa shape index (κ2) is 8.55. The molecule has 3 atom stereocenters. The van der Waals surface area contributed by atoms with Crippen molar-refractivity contribution in [2.75, 3.05) is 9.96 Å². The molecular weight excluding hydrogens is 458 g/mol. The molecule has 8 nitrogen and oxygen atoms in total. The number of aryl methyl sites for hydroxylation is 1. The second-order valence-electron chi connectivity index (χ2n) is 8.18. The van der Waals surface area contributed by atoms with Crippen LogP contribution in [0.3, 0.4) is 0 Å². The lowest BCUT2D eigenvalue weighted by Gasteiger charge is -2.28. The summed E-state index contributed by atoms with van der Waals surface area (Å²) in [5.74, 6) is -1.70. The summed E-state index contributed by atoms with van der Waals surface area (Å²) >= 11 is 5.97. The van der Waals surface area contributed by atoms with Crippen LogP contribution in [0.5, 0.6) is 0 Å². The predicted molar refractivity (Wildman–Crippen MR) is 126 cm³/mol. The molecule has 172 valence electrons. The standard InChI is InChI=1S/C25H20ClN3O5/c1-2-15-6-8-16(9-7-15)22-21-23(34-28(22)19-4-3-5-20(14-19)29(32)33)25(31)27(24(21)30)18-12-10-17(26)11-13-18/h3-14,21-23H,2H2,1H3. The third kappa shape index (κ3) is 3.61. The van der Waals surface area contributed by atoms with Gasteiger partial charge in [-0.1, -0.05) is 48.9 Å². The molecule has 9 heteroatoms. The smallest absolute Gasteiger partial charge is 0.271 e. The number of carbonyl (C=O) groups is 2. The SMILES string of the molecule is CCc1ccc(C2C3C(=O)N(c4ccc(Cl)cc4)C(=O)C3ON2c2cccc([N+](=O)[O-])c2)cc1. The minimum atomic E-state index is -1.06. The summed E-state index contributed by atoms with van der Waals surface area (Å²) in [6.45, 7) is 2.04. The molecule has 2 heterocycles. The zero-order chi connectivity index (χ0) is 24.0. The van der Waals surface area contributed by atoms with E-state index in [1.807, 2.05) is 31.2 Å². The van der Waals surface area contributed by atoms with Gasteiger partial charge in [-0.25, -0.2) is 9.96 Å². The molecule has 2 amide bonds. The number of nitrogens with zero attached hydrogens (tertiary/aromatic N) is 3. The van der Waals surface area contributed by atoms with Crippen molar-refractivity contribution in [3.05, 3.63) is 99.1 Å². The van der Waals surface area contributed by atoms with E-state index in [2.05, 4.69) is 0 Å². The largest absolute Gasteiger partial charge is 0.273 e. The third-order valence-electron chi connectivity index (χ3n) is 6.22. The first-order valence-electron chi connectivity index (χ1n) is 10.8. The number of halogens is 1. The molecular formula is C25H20ClN3O5. The molecule has 3 unspecified atom stereocenters. The fourth-order valence-corrected chi connectivity index (χ4v) is 4.64. The molecule has 0 N–H and O–H groups in total. The van der Waals surface area contributed by atoms with E-state index in [1.165, 1.54) is 17.2 Å². The minimum Gasteiger partial charge on any atom is -0.273 e. The Morgan fingerprint density at radius 3 is 2.32 bits per heavy atom. The van der Waals surface area contributed by atoms with Crippen molar-refractivity contribution >= 4 is 40.5 Å². The van der Waals surface area contributed by atoms with Crippen LogP contribution in [0.4, 0.5) is 17.1 Å². The Hall–Kier alpha value is -3.75. The van der Waals surface area contributed by atoms with Gasteiger partial charge in [0, 0.05) is 17.2 Å². The summed E-state index contributed by atoms with van der Waals surface area (Å²) in [5, 5.41) is 13.3. The van der Waals surface area contributed by atoms with Crippen molar-refractivity contribution in [1.29, 1.82) is 0 Å². The van der Waals surface area contributed by atoms with Crippen LogP contribution in [0.1, 0.15) is 24.1 Å². The minimum absolute atomic E-state index is 0.112. The molecule has 2 aliphatic rings. The Balaban J connectivity index is 1.58. The number of fused-ring (bicyclic) bond motifs is 1. The van der Waals surface area contributed by atoms with Gasteiger partial charge in [-0.05, 0) is 47.9 Å². The summed E-state index contributed by atoms with van der Waals surface area (Å²) in [6.07, 6.45) is -0.206. The van der Waals surface area contributed by atoms with Gasteiger partial charge < -0.3 is 0 Å². The van der Waals surface area contributed by atoms with Crippen LogP contribution in [0.25, 0.3) is 0 Å². The lowest BCUT2D eigenvalue weighted by atomic mass is 9.90. The molecule has 3 aromatic rings. The molecule has 0 spiro atoms. The number of amides is 2. The van der Waals surface area contributed by atoms with E-state index < -0.39 is 34.8 Å². The fourth-order valence-electron chi connectivity index (χ4n) is 4.52. The fraction of sp³-hybridized carbons (Fsp3) is 0.200. The van der Waals surface area contributed by atoms with Gasteiger partial charge in [0.1, 0.15) is 5.92 Å². The van der Waals surface area contributed by atoms with Crippen LogP contribution in [0, 0.1) is 16.0 Å². The topological polar surface area (TPSA) is 93.0 Å². The molecule has 0 saturated carbocycles. The van der Waals surface area contributed by atoms with Gasteiger partial charge in [0.25, 0.3) is 11.6 Å². The van der Waals surface area contributed by atoms with Crippen molar-refractivity contribution in [3.8, 4) is 0 Å². The average Bonchev–Trinajstić information content (AvgIpc) is 3.36. The number of non-ortho nitro benzene ring substituents is 1. The van der Waals surface area contributed by atoms with Crippen LogP contribution >= 0.6 is 11.6 Å². The Bertz CT molecular complexity index is 1280.